The van der Waals surface area contributed by atoms with Crippen LogP contribution in [0.3, 0.4) is 0 Å². The summed E-state index contributed by atoms with van der Waals surface area (Å²) in [4.78, 5) is 0. The molecule has 3 heteroatoms. The smallest absolute Gasteiger partial charge is 0.157 e. The van der Waals surface area contributed by atoms with E-state index in [2.05, 4.69) is 35.1 Å². The van der Waals surface area contributed by atoms with Gasteiger partial charge in [-0.25, -0.2) is 0 Å². The van der Waals surface area contributed by atoms with Crippen molar-refractivity contribution >= 4 is 21.6 Å². The van der Waals surface area contributed by atoms with Crippen LogP contribution in [0.5, 0.6) is 5.75 Å². The third-order valence-corrected chi connectivity index (χ3v) is 2.98. The molecule has 1 aliphatic rings. The molecule has 70 valence electrons. The van der Waals surface area contributed by atoms with Crippen molar-refractivity contribution in [3.8, 4) is 5.75 Å². The number of hydrogen-bond acceptors (Lipinski definition) is 2. The van der Waals surface area contributed by atoms with Crippen LogP contribution in [0.4, 0.5) is 5.69 Å². The second-order valence-corrected chi connectivity index (χ2v) is 4.23. The van der Waals surface area contributed by atoms with Gasteiger partial charge < -0.3 is 10.1 Å². The molecule has 0 saturated carbocycles. The number of halogens is 1. The van der Waals surface area contributed by atoms with Gasteiger partial charge in [0.25, 0.3) is 0 Å². The average molecular weight is 242 g/mol. The molecule has 2 atom stereocenters. The van der Waals surface area contributed by atoms with Gasteiger partial charge >= 0.3 is 0 Å². The molecule has 0 saturated heterocycles. The largest absolute Gasteiger partial charge is 0.485 e. The maximum absolute atomic E-state index is 5.77. The molecule has 0 aliphatic carbocycles. The third kappa shape index (κ3) is 1.53. The molecule has 2 nitrogen and oxygen atoms in total. The highest BCUT2D eigenvalue weighted by molar-refractivity contribution is 9.10. The normalized spacial score (nSPS) is 25.8. The van der Waals surface area contributed by atoms with Crippen molar-refractivity contribution in [2.75, 3.05) is 5.32 Å². The summed E-state index contributed by atoms with van der Waals surface area (Å²) in [7, 11) is 0. The Kier molecular flexibility index (Phi) is 2.20. The Balaban J connectivity index is 2.42. The van der Waals surface area contributed by atoms with Gasteiger partial charge in [-0.2, -0.15) is 0 Å². The van der Waals surface area contributed by atoms with Crippen molar-refractivity contribution in [2.24, 2.45) is 0 Å². The molecule has 0 fully saturated rings. The first-order chi connectivity index (χ1) is 6.18. The Hall–Kier alpha value is -0.700. The molecule has 2 unspecified atom stereocenters. The Bertz CT molecular complexity index is 327. The standard InChI is InChI=1S/C10H12BrNO/c1-6-7(2)13-10-8(11)4-3-5-9(10)12-6/h3-7,12H,1-2H3. The van der Waals surface area contributed by atoms with Gasteiger partial charge in [0, 0.05) is 0 Å². The Morgan fingerprint density at radius 3 is 2.92 bits per heavy atom. The van der Waals surface area contributed by atoms with Gasteiger partial charge in [0.1, 0.15) is 6.10 Å². The van der Waals surface area contributed by atoms with E-state index in [-0.39, 0.29) is 6.10 Å². The van der Waals surface area contributed by atoms with Gasteiger partial charge in [-0.05, 0) is 41.9 Å². The first kappa shape index (κ1) is 8.88. The van der Waals surface area contributed by atoms with E-state index >= 15 is 0 Å². The number of rotatable bonds is 0. The van der Waals surface area contributed by atoms with E-state index in [9.17, 15) is 0 Å². The van der Waals surface area contributed by atoms with Crippen LogP contribution in [0.25, 0.3) is 0 Å². The summed E-state index contributed by atoms with van der Waals surface area (Å²) in [6.45, 7) is 4.19. The molecule has 0 aromatic heterocycles. The number of fused-ring (bicyclic) bond motifs is 1. The highest BCUT2D eigenvalue weighted by Gasteiger charge is 2.23. The van der Waals surface area contributed by atoms with Crippen LogP contribution in [0, 0.1) is 0 Å². The second-order valence-electron chi connectivity index (χ2n) is 3.37. The minimum absolute atomic E-state index is 0.214. The van der Waals surface area contributed by atoms with Crippen molar-refractivity contribution in [3.05, 3.63) is 22.7 Å². The maximum Gasteiger partial charge on any atom is 0.157 e. The Labute approximate surface area is 86.4 Å². The zero-order chi connectivity index (χ0) is 9.42. The SMILES string of the molecule is CC1Nc2cccc(Br)c2OC1C. The predicted octanol–water partition coefficient (Wildman–Crippen LogP) is 3.03. The fraction of sp³-hybridized carbons (Fsp3) is 0.400. The van der Waals surface area contributed by atoms with Crippen LogP contribution in [0.1, 0.15) is 13.8 Å². The van der Waals surface area contributed by atoms with Crippen LogP contribution in [-0.2, 0) is 0 Å². The van der Waals surface area contributed by atoms with E-state index in [0.29, 0.717) is 6.04 Å². The van der Waals surface area contributed by atoms with Crippen LogP contribution in [0.2, 0.25) is 0 Å². The van der Waals surface area contributed by atoms with Crippen molar-refractivity contribution in [1.29, 1.82) is 0 Å². The van der Waals surface area contributed by atoms with Crippen LogP contribution < -0.4 is 10.1 Å². The molecule has 0 radical (unpaired) electrons. The number of nitrogens with one attached hydrogen (secondary N) is 1. The molecule has 0 bridgehead atoms. The lowest BCUT2D eigenvalue weighted by molar-refractivity contribution is 0.192. The van der Waals surface area contributed by atoms with Gasteiger partial charge in [-0.15, -0.1) is 0 Å². The Morgan fingerprint density at radius 2 is 2.15 bits per heavy atom. The summed E-state index contributed by atoms with van der Waals surface area (Å²) in [6, 6.07) is 6.38. The number of benzene rings is 1. The molecule has 0 amide bonds. The van der Waals surface area contributed by atoms with Gasteiger partial charge in [-0.3, -0.25) is 0 Å². The minimum Gasteiger partial charge on any atom is -0.485 e. The van der Waals surface area contributed by atoms with Crippen molar-refractivity contribution in [2.45, 2.75) is 26.0 Å². The van der Waals surface area contributed by atoms with Crippen LogP contribution in [-0.4, -0.2) is 12.1 Å². The van der Waals surface area contributed by atoms with E-state index in [4.69, 9.17) is 4.74 Å². The molecule has 1 N–H and O–H groups in total. The van der Waals surface area contributed by atoms with Crippen LogP contribution in [0.15, 0.2) is 22.7 Å². The predicted molar refractivity (Wildman–Crippen MR) is 57.3 cm³/mol. The molecule has 13 heavy (non-hydrogen) atoms. The number of ether oxygens (including phenoxy) is 1. The van der Waals surface area contributed by atoms with E-state index < -0.39 is 0 Å². The molecule has 1 aliphatic heterocycles. The summed E-state index contributed by atoms with van der Waals surface area (Å²) in [6.07, 6.45) is 0.214. The van der Waals surface area contributed by atoms with E-state index in [1.807, 2.05) is 18.2 Å². The van der Waals surface area contributed by atoms with Crippen LogP contribution >= 0.6 is 15.9 Å². The molecule has 1 aromatic rings. The van der Waals surface area contributed by atoms with E-state index in [1.165, 1.54) is 0 Å². The zero-order valence-electron chi connectivity index (χ0n) is 7.67. The van der Waals surface area contributed by atoms with E-state index in [0.717, 1.165) is 15.9 Å². The van der Waals surface area contributed by atoms with Gasteiger partial charge in [-0.1, -0.05) is 6.07 Å². The maximum atomic E-state index is 5.77. The highest BCUT2D eigenvalue weighted by atomic mass is 79.9. The summed E-state index contributed by atoms with van der Waals surface area (Å²) >= 11 is 3.46. The monoisotopic (exact) mass is 241 g/mol. The second kappa shape index (κ2) is 3.22. The topological polar surface area (TPSA) is 21.3 Å². The zero-order valence-corrected chi connectivity index (χ0v) is 9.26. The minimum atomic E-state index is 0.214. The summed E-state index contributed by atoms with van der Waals surface area (Å²) in [5.74, 6) is 0.924. The van der Waals surface area contributed by atoms with Gasteiger partial charge in [0.2, 0.25) is 0 Å². The molecule has 1 heterocycles. The number of hydrogen-bond donors (Lipinski definition) is 1. The fourth-order valence-electron chi connectivity index (χ4n) is 1.39. The summed E-state index contributed by atoms with van der Waals surface area (Å²) < 4.78 is 6.78. The van der Waals surface area contributed by atoms with Crippen molar-refractivity contribution in [1.82, 2.24) is 0 Å². The molecular weight excluding hydrogens is 230 g/mol. The molecular formula is C10H12BrNO. The number of para-hydroxylation sites is 1. The lowest BCUT2D eigenvalue weighted by Crippen LogP contribution is -2.36. The number of anilines is 1. The molecule has 2 rings (SSSR count). The summed E-state index contributed by atoms with van der Waals surface area (Å²) in [5.41, 5.74) is 1.07. The lowest BCUT2D eigenvalue weighted by Gasteiger charge is -2.31. The van der Waals surface area contributed by atoms with Crippen molar-refractivity contribution in [3.63, 3.8) is 0 Å². The molecule has 1 aromatic carbocycles. The third-order valence-electron chi connectivity index (χ3n) is 2.36. The lowest BCUT2D eigenvalue weighted by atomic mass is 10.1. The first-order valence-electron chi connectivity index (χ1n) is 4.40. The molecule has 0 spiro atoms. The van der Waals surface area contributed by atoms with Crippen molar-refractivity contribution < 1.29 is 4.74 Å². The van der Waals surface area contributed by atoms with E-state index in [1.54, 1.807) is 0 Å². The average Bonchev–Trinajstić information content (AvgIpc) is 2.09. The first-order valence-corrected chi connectivity index (χ1v) is 5.19. The van der Waals surface area contributed by atoms with Gasteiger partial charge in [0.05, 0.1) is 16.2 Å². The quantitative estimate of drug-likeness (QED) is 0.754. The summed E-state index contributed by atoms with van der Waals surface area (Å²) in [5, 5.41) is 3.40. The fourth-order valence-corrected chi connectivity index (χ4v) is 1.85. The van der Waals surface area contributed by atoms with Gasteiger partial charge in [0.15, 0.2) is 5.75 Å². The Morgan fingerprint density at radius 1 is 1.38 bits per heavy atom. The highest BCUT2D eigenvalue weighted by Crippen LogP contribution is 2.37.